The first-order valence-corrected chi connectivity index (χ1v) is 47.1. The standard InChI is InChI=1S/C85H126N22O29/c86-16-2-1-9-51(87)79(130)101-37-44(108)23-58(101)72(123)88-30-65(115)95-17-3-10-52(95)80(131)102-38-45(109)24-59(102)73(124)89-31-66(116)96-18-4-11-53(96)81(132)103-39-46(110)25-60(103)74(125)90-32-67(117)97-19-5-12-54(97)82(133)104-40-47(111)26-61(104)75(126)91-33-68(118)98-20-6-13-55(98)83(134)105-41-48(112)27-62(105)76(127)92-34-69(119)99-21-7-14-56(99)84(135)106-42-49(113)28-63(106)77(128)93-35-70(120)100-22-8-15-57(100)85(136)107-43-50(114)29-64(107)78(129)94-36-71(121)122/h44-64,108-114H,1-43,86-87H2,(H,88,123)(H,89,124)(H,90,125)(H,91,126)(H,92,127)(H,93,128)(H,94,129)(H,121,122)/t44-,45-,46-,47-,48-,49-,50-,51+,52+,53+,54+,55+,56+,57+,58+,59+,60+,61+,62+,63+,64+/m1/s1. The molecule has 0 aromatic rings. The minimum absolute atomic E-state index is 0.0266. The topological polar surface area (TPSA) is 699 Å². The van der Waals surface area contributed by atoms with E-state index in [-0.39, 0.29) is 169 Å². The summed E-state index contributed by atoms with van der Waals surface area (Å²) >= 11 is 0. The SMILES string of the molecule is NCCCC[C@H](N)C(=O)N1C[C@H](O)C[C@H]1C(=O)NCC(=O)N1CCC[C@H]1C(=O)N1C[C@H](O)C[C@H]1C(=O)NCC(=O)N1CCC[C@H]1C(=O)N1C[C@H](O)C[C@H]1C(=O)NCC(=O)N1CCC[C@H]1C(=O)N1C[C@H](O)C[C@H]1C(=O)NCC(=O)N1CCC[C@H]1C(=O)N1C[C@H](O)C[C@H]1C(=O)NCC(=O)N1CCC[C@H]1C(=O)N1C[C@H](O)C[C@H]1C(=O)NCC(=O)N1CCC[C@H]1C(=O)N1C[C@H](O)C[C@H]1C(=O)NCC(=O)O. The number of rotatable bonds is 32. The van der Waals surface area contributed by atoms with Crippen LogP contribution in [0.4, 0.5) is 0 Å². The van der Waals surface area contributed by atoms with Gasteiger partial charge in [-0.05, 0) is 96.4 Å². The molecule has 0 aromatic heterocycles. The fourth-order valence-electron chi connectivity index (χ4n) is 21.6. The summed E-state index contributed by atoms with van der Waals surface area (Å²) in [5.41, 5.74) is 11.7. The highest BCUT2D eigenvalue weighted by molar-refractivity contribution is 6.02. The van der Waals surface area contributed by atoms with Crippen molar-refractivity contribution in [3.8, 4) is 0 Å². The van der Waals surface area contributed by atoms with Crippen LogP contribution in [0.15, 0.2) is 0 Å². The molecule has 0 saturated carbocycles. The van der Waals surface area contributed by atoms with Gasteiger partial charge in [0.2, 0.25) is 118 Å². The van der Waals surface area contributed by atoms with Gasteiger partial charge in [-0.1, -0.05) is 6.42 Å². The lowest BCUT2D eigenvalue weighted by atomic mass is 10.1. The number of carboxylic acid groups (broad SMARTS) is 1. The Bertz CT molecular complexity index is 4550. The van der Waals surface area contributed by atoms with Crippen molar-refractivity contribution in [3.63, 3.8) is 0 Å². The first kappa shape index (κ1) is 102. The summed E-state index contributed by atoms with van der Waals surface area (Å²) in [4.78, 5) is 305. The second-order valence-corrected chi connectivity index (χ2v) is 37.6. The summed E-state index contributed by atoms with van der Waals surface area (Å²) in [7, 11) is 0. The summed E-state index contributed by atoms with van der Waals surface area (Å²) in [5.74, 6) is -16.0. The van der Waals surface area contributed by atoms with Crippen LogP contribution in [-0.4, -0.2) is 493 Å². The predicted octanol–water partition coefficient (Wildman–Crippen LogP) is -14.0. The van der Waals surface area contributed by atoms with Crippen molar-refractivity contribution in [1.29, 1.82) is 0 Å². The number of nitrogens with zero attached hydrogens (tertiary/aromatic N) is 13. The van der Waals surface area contributed by atoms with Crippen molar-refractivity contribution in [2.45, 2.75) is 269 Å². The maximum atomic E-state index is 14.5. The molecule has 0 radical (unpaired) electrons. The molecule has 21 atom stereocenters. The molecule has 0 spiro atoms. The quantitative estimate of drug-likeness (QED) is 0.0278. The number of nitrogens with two attached hydrogens (primary N) is 2. The van der Waals surface area contributed by atoms with E-state index in [2.05, 4.69) is 37.2 Å². The van der Waals surface area contributed by atoms with E-state index in [0.717, 1.165) is 29.4 Å². The number of carbonyl (C=O) groups excluding carboxylic acids is 20. The second-order valence-electron chi connectivity index (χ2n) is 37.6. The Morgan fingerprint density at radius 1 is 0.250 bits per heavy atom. The molecule has 0 bridgehead atoms. The van der Waals surface area contributed by atoms with E-state index in [0.29, 0.717) is 64.3 Å². The van der Waals surface area contributed by atoms with Crippen molar-refractivity contribution in [1.82, 2.24) is 101 Å². The average molecular weight is 1920 g/mol. The van der Waals surface area contributed by atoms with Gasteiger partial charge in [0.1, 0.15) is 85.1 Å². The molecular formula is C85H126N22O29. The van der Waals surface area contributed by atoms with Crippen LogP contribution in [-0.2, 0) is 101 Å². The van der Waals surface area contributed by atoms with Crippen LogP contribution >= 0.6 is 0 Å². The molecule has 0 unspecified atom stereocenters. The number of aliphatic hydroxyl groups excluding tert-OH is 7. The Morgan fingerprint density at radius 2 is 0.426 bits per heavy atom. The largest absolute Gasteiger partial charge is 0.480 e. The van der Waals surface area contributed by atoms with Gasteiger partial charge < -0.3 is 153 Å². The molecule has 51 heteroatoms. The number of carbonyl (C=O) groups is 21. The number of aliphatic hydroxyl groups is 7. The van der Waals surface area contributed by atoms with E-state index >= 15 is 0 Å². The maximum absolute atomic E-state index is 14.5. The van der Waals surface area contributed by atoms with Crippen LogP contribution in [0, 0.1) is 0 Å². The summed E-state index contributed by atoms with van der Waals surface area (Å²) in [5, 5.41) is 101. The van der Waals surface area contributed by atoms with Gasteiger partial charge in [0.25, 0.3) is 0 Å². The maximum Gasteiger partial charge on any atom is 0.322 e. The Morgan fingerprint density at radius 3 is 0.610 bits per heavy atom. The van der Waals surface area contributed by atoms with Gasteiger partial charge in [-0.3, -0.25) is 101 Å². The minimum Gasteiger partial charge on any atom is -0.480 e. The van der Waals surface area contributed by atoms with Crippen LogP contribution in [0.5, 0.6) is 0 Å². The number of unbranched alkanes of at least 4 members (excludes halogenated alkanes) is 1. The lowest BCUT2D eigenvalue weighted by Gasteiger charge is -2.32. The molecule has 13 fully saturated rings. The number of nitrogens with one attached hydrogen (secondary N) is 7. The third-order valence-corrected chi connectivity index (χ3v) is 28.4. The van der Waals surface area contributed by atoms with Crippen molar-refractivity contribution in [3.05, 3.63) is 0 Å². The van der Waals surface area contributed by atoms with Gasteiger partial charge in [-0.15, -0.1) is 0 Å². The van der Waals surface area contributed by atoms with Gasteiger partial charge in [0.15, 0.2) is 0 Å². The normalized spacial score (nSPS) is 30.1. The lowest BCUT2D eigenvalue weighted by molar-refractivity contribution is -0.148. The van der Waals surface area contributed by atoms with Crippen LogP contribution in [0.2, 0.25) is 0 Å². The van der Waals surface area contributed by atoms with Gasteiger partial charge in [0, 0.05) is 130 Å². The third-order valence-electron chi connectivity index (χ3n) is 28.4. The van der Waals surface area contributed by atoms with Gasteiger partial charge in [-0.25, -0.2) is 0 Å². The zero-order valence-electron chi connectivity index (χ0n) is 75.6. The molecule has 0 aromatic carbocycles. The van der Waals surface area contributed by atoms with Crippen LogP contribution in [0.3, 0.4) is 0 Å². The molecule has 0 aliphatic carbocycles. The molecule has 13 heterocycles. The molecule has 13 aliphatic heterocycles. The highest BCUT2D eigenvalue weighted by Crippen LogP contribution is 2.35. The highest BCUT2D eigenvalue weighted by atomic mass is 16.4. The first-order valence-electron chi connectivity index (χ1n) is 47.1. The van der Waals surface area contributed by atoms with E-state index in [4.69, 9.17) is 16.6 Å². The van der Waals surface area contributed by atoms with Gasteiger partial charge in [-0.2, -0.15) is 0 Å². The molecular weight excluding hydrogens is 1790 g/mol. The summed E-state index contributed by atoms with van der Waals surface area (Å²) < 4.78 is 0. The van der Waals surface area contributed by atoms with Crippen LogP contribution in [0.25, 0.3) is 0 Å². The molecule has 750 valence electrons. The van der Waals surface area contributed by atoms with E-state index in [9.17, 15) is 136 Å². The zero-order valence-corrected chi connectivity index (χ0v) is 75.6. The number of aliphatic carboxylic acids is 1. The van der Waals surface area contributed by atoms with Gasteiger partial charge >= 0.3 is 5.97 Å². The number of hydrogen-bond acceptors (Lipinski definition) is 30. The third kappa shape index (κ3) is 23.0. The van der Waals surface area contributed by atoms with E-state index in [1.54, 1.807) is 0 Å². The van der Waals surface area contributed by atoms with E-state index < -0.39 is 297 Å². The predicted molar refractivity (Wildman–Crippen MR) is 461 cm³/mol. The van der Waals surface area contributed by atoms with Crippen LogP contribution in [0.1, 0.15) is 141 Å². The highest BCUT2D eigenvalue weighted by Gasteiger charge is 2.54. The van der Waals surface area contributed by atoms with E-state index in [1.165, 1.54) is 34.3 Å². The summed E-state index contributed by atoms with van der Waals surface area (Å²) in [6.07, 6.45) is -5.36. The van der Waals surface area contributed by atoms with E-state index in [1.807, 2.05) is 0 Å². The molecule has 13 rings (SSSR count). The first-order chi connectivity index (χ1) is 64.8. The Hall–Kier alpha value is -11.5. The number of β-amino-alcohol motifs (C(OH)–C–C–N with tert-alkyl or cyclic N) is 7. The lowest BCUT2D eigenvalue weighted by Crippen LogP contribution is -2.57. The van der Waals surface area contributed by atoms with Crippen LogP contribution < -0.4 is 48.7 Å². The smallest absolute Gasteiger partial charge is 0.322 e. The van der Waals surface area contributed by atoms with Crippen molar-refractivity contribution in [2.75, 3.05) is 137 Å². The molecule has 13 saturated heterocycles. The number of likely N-dealkylation sites (tertiary alicyclic amines) is 13. The fraction of sp³-hybridized carbons (Fsp3) is 0.753. The summed E-state index contributed by atoms with van der Waals surface area (Å²) in [6.45, 7) is -5.96. The number of carboxylic acids is 1. The molecule has 20 amide bonds. The Balaban J connectivity index is 0.536. The number of amides is 20. The van der Waals surface area contributed by atoms with Gasteiger partial charge in [0.05, 0.1) is 88.0 Å². The molecule has 51 nitrogen and oxygen atoms in total. The monoisotopic (exact) mass is 1920 g/mol. The Labute approximate surface area is 780 Å². The van der Waals surface area contributed by atoms with Crippen molar-refractivity contribution >= 4 is 124 Å². The zero-order chi connectivity index (χ0) is 98.1. The van der Waals surface area contributed by atoms with Crippen molar-refractivity contribution in [2.24, 2.45) is 11.5 Å². The number of hydrogen-bond donors (Lipinski definition) is 17. The minimum atomic E-state index is -1.36. The molecule has 13 aliphatic rings. The van der Waals surface area contributed by atoms with Crippen molar-refractivity contribution < 1.29 is 142 Å². The second kappa shape index (κ2) is 44.8. The Kier molecular flexibility index (Phi) is 33.5. The molecule has 136 heavy (non-hydrogen) atoms. The fourth-order valence-corrected chi connectivity index (χ4v) is 21.6. The summed E-state index contributed by atoms with van der Waals surface area (Å²) in [6, 6.07) is -16.8. The average Bonchev–Trinajstić information content (AvgIpc) is 1.64. The molecule has 19 N–H and O–H groups in total.